The quantitative estimate of drug-likeness (QED) is 0.305. The third-order valence-electron chi connectivity index (χ3n) is 7.24. The van der Waals surface area contributed by atoms with E-state index in [0.29, 0.717) is 71.1 Å². The van der Waals surface area contributed by atoms with E-state index in [2.05, 4.69) is 37.1 Å². The fraction of sp³-hybridized carbons (Fsp3) is 0.241. The minimum atomic E-state index is -0.407. The lowest BCUT2D eigenvalue weighted by atomic mass is 10.1. The van der Waals surface area contributed by atoms with E-state index in [1.165, 1.54) is 17.1 Å². The topological polar surface area (TPSA) is 114 Å². The molecule has 4 heterocycles. The molecule has 1 N–H and O–H groups in total. The van der Waals surface area contributed by atoms with Gasteiger partial charge in [0.15, 0.2) is 11.6 Å². The van der Waals surface area contributed by atoms with Crippen LogP contribution in [-0.2, 0) is 11.8 Å². The lowest BCUT2D eigenvalue weighted by Gasteiger charge is -2.35. The number of carbonyl (C=O) groups is 1. The Labute approximate surface area is 235 Å². The molecule has 0 saturated carbocycles. The molecule has 2 aromatic carbocycles. The van der Waals surface area contributed by atoms with E-state index in [9.17, 15) is 9.18 Å². The molecule has 1 fully saturated rings. The van der Waals surface area contributed by atoms with E-state index in [-0.39, 0.29) is 5.91 Å². The summed E-state index contributed by atoms with van der Waals surface area (Å²) in [5.74, 6) is 1.86. The zero-order valence-corrected chi connectivity index (χ0v) is 22.9. The maximum Gasteiger partial charge on any atom is 0.246 e. The number of pyridine rings is 1. The lowest BCUT2D eigenvalue weighted by Crippen LogP contribution is -2.48. The zero-order chi connectivity index (χ0) is 28.7. The zero-order valence-electron chi connectivity index (χ0n) is 22.9. The summed E-state index contributed by atoms with van der Waals surface area (Å²) >= 11 is 0. The van der Waals surface area contributed by atoms with Crippen molar-refractivity contribution in [2.24, 2.45) is 7.05 Å². The van der Waals surface area contributed by atoms with Crippen LogP contribution < -0.4 is 15.0 Å². The van der Waals surface area contributed by atoms with Crippen LogP contribution in [0.2, 0.25) is 0 Å². The summed E-state index contributed by atoms with van der Waals surface area (Å²) in [6, 6.07) is 11.2. The maximum absolute atomic E-state index is 15.0. The number of anilines is 3. The van der Waals surface area contributed by atoms with Crippen molar-refractivity contribution in [3.8, 4) is 11.5 Å². The van der Waals surface area contributed by atoms with E-state index in [1.807, 2.05) is 37.3 Å². The van der Waals surface area contributed by atoms with Crippen molar-refractivity contribution in [2.45, 2.75) is 13.8 Å². The number of nitrogens with zero attached hydrogens (tertiary/aromatic N) is 8. The third kappa shape index (κ3) is 4.88. The summed E-state index contributed by atoms with van der Waals surface area (Å²) in [5.41, 5.74) is 4.11. The Morgan fingerprint density at radius 3 is 2.61 bits per heavy atom. The molecule has 11 nitrogen and oxygen atoms in total. The smallest absolute Gasteiger partial charge is 0.246 e. The van der Waals surface area contributed by atoms with Gasteiger partial charge >= 0.3 is 0 Å². The Morgan fingerprint density at radius 1 is 1.05 bits per heavy atom. The van der Waals surface area contributed by atoms with Gasteiger partial charge in [0.05, 0.1) is 5.52 Å². The van der Waals surface area contributed by atoms with Crippen molar-refractivity contribution in [3.05, 3.63) is 72.3 Å². The molecule has 0 bridgehead atoms. The third-order valence-corrected chi connectivity index (χ3v) is 7.24. The SMILES string of the molecule is C=CC(=O)N1CCN(c2ccc3ncnc(Nc4ccc(Oc5cc6nnn(C)c6c(F)c5C)c(C)c4)c3n2)CC1. The second-order valence-corrected chi connectivity index (χ2v) is 9.88. The predicted molar refractivity (Wildman–Crippen MR) is 154 cm³/mol. The van der Waals surface area contributed by atoms with Gasteiger partial charge in [0, 0.05) is 50.5 Å². The second-order valence-electron chi connectivity index (χ2n) is 9.88. The lowest BCUT2D eigenvalue weighted by molar-refractivity contribution is -0.126. The molecule has 6 rings (SSSR count). The maximum atomic E-state index is 15.0. The number of aromatic nitrogens is 6. The van der Waals surface area contributed by atoms with Crippen molar-refractivity contribution in [3.63, 3.8) is 0 Å². The van der Waals surface area contributed by atoms with Crippen LogP contribution in [0.25, 0.3) is 22.1 Å². The number of halogens is 1. The minimum absolute atomic E-state index is 0.0587. The molecule has 0 unspecified atom stereocenters. The summed E-state index contributed by atoms with van der Waals surface area (Å²) in [5, 5.41) is 11.3. The van der Waals surface area contributed by atoms with Crippen molar-refractivity contribution < 1.29 is 13.9 Å². The van der Waals surface area contributed by atoms with Gasteiger partial charge < -0.3 is 19.9 Å². The number of nitrogens with one attached hydrogen (secondary N) is 1. The molecule has 0 aliphatic carbocycles. The first kappa shape index (κ1) is 26.1. The van der Waals surface area contributed by atoms with E-state index in [1.54, 1.807) is 24.9 Å². The predicted octanol–water partition coefficient (Wildman–Crippen LogP) is 4.43. The first-order chi connectivity index (χ1) is 19.8. The molecule has 41 heavy (non-hydrogen) atoms. The van der Waals surface area contributed by atoms with E-state index < -0.39 is 5.82 Å². The van der Waals surface area contributed by atoms with Gasteiger partial charge in [-0.2, -0.15) is 0 Å². The van der Waals surface area contributed by atoms with Gasteiger partial charge in [0.25, 0.3) is 0 Å². The fourth-order valence-electron chi connectivity index (χ4n) is 4.93. The summed E-state index contributed by atoms with van der Waals surface area (Å²) < 4.78 is 22.5. The number of hydrogen-bond acceptors (Lipinski definition) is 9. The summed E-state index contributed by atoms with van der Waals surface area (Å²) in [6.45, 7) is 9.71. The highest BCUT2D eigenvalue weighted by molar-refractivity contribution is 5.89. The largest absolute Gasteiger partial charge is 0.457 e. The summed E-state index contributed by atoms with van der Waals surface area (Å²) in [4.78, 5) is 29.6. The molecule has 5 aromatic rings. The molecule has 1 saturated heterocycles. The molecule has 0 atom stereocenters. The number of aryl methyl sites for hydroxylation is 2. The van der Waals surface area contributed by atoms with Crippen LogP contribution in [-0.4, -0.2) is 66.9 Å². The Bertz CT molecular complexity index is 1810. The number of amides is 1. The monoisotopic (exact) mass is 553 g/mol. The molecule has 0 spiro atoms. The number of fused-ring (bicyclic) bond motifs is 2. The van der Waals surface area contributed by atoms with Crippen LogP contribution in [0.15, 0.2) is 55.4 Å². The Balaban J connectivity index is 1.23. The number of carbonyl (C=O) groups excluding carboxylic acids is 1. The van der Waals surface area contributed by atoms with Crippen molar-refractivity contribution in [1.82, 2.24) is 34.8 Å². The van der Waals surface area contributed by atoms with E-state index in [4.69, 9.17) is 9.72 Å². The van der Waals surface area contributed by atoms with Gasteiger partial charge in [-0.3, -0.25) is 4.79 Å². The Kier molecular flexibility index (Phi) is 6.66. The molecule has 208 valence electrons. The van der Waals surface area contributed by atoms with Crippen molar-refractivity contribution >= 4 is 45.3 Å². The number of ether oxygens (including phenoxy) is 1. The van der Waals surface area contributed by atoms with Gasteiger partial charge in [-0.15, -0.1) is 5.10 Å². The molecular formula is C29H28FN9O2. The fourth-order valence-corrected chi connectivity index (χ4v) is 4.93. The molecule has 1 aliphatic rings. The van der Waals surface area contributed by atoms with Gasteiger partial charge in [0.2, 0.25) is 5.91 Å². The number of piperazine rings is 1. The van der Waals surface area contributed by atoms with Crippen molar-refractivity contribution in [1.29, 1.82) is 0 Å². The Hall–Kier alpha value is -5.13. The second kappa shape index (κ2) is 10.5. The normalized spacial score (nSPS) is 13.6. The number of hydrogen-bond donors (Lipinski definition) is 1. The van der Waals surface area contributed by atoms with Crippen LogP contribution >= 0.6 is 0 Å². The van der Waals surface area contributed by atoms with Crippen LogP contribution in [0.3, 0.4) is 0 Å². The van der Waals surface area contributed by atoms with Crippen LogP contribution in [0.4, 0.5) is 21.7 Å². The van der Waals surface area contributed by atoms with E-state index >= 15 is 0 Å². The number of benzene rings is 2. The Morgan fingerprint density at radius 2 is 1.85 bits per heavy atom. The molecule has 1 amide bonds. The summed E-state index contributed by atoms with van der Waals surface area (Å²) in [6.07, 6.45) is 2.84. The van der Waals surface area contributed by atoms with Gasteiger partial charge in [0.1, 0.15) is 40.2 Å². The molecule has 12 heteroatoms. The first-order valence-corrected chi connectivity index (χ1v) is 13.1. The molecule has 3 aromatic heterocycles. The highest BCUT2D eigenvalue weighted by Gasteiger charge is 2.21. The molecular weight excluding hydrogens is 525 g/mol. The standard InChI is InChI=1S/C29H28FN9O2/c1-5-25(40)39-12-10-38(11-13-39)24-9-7-20-27(34-24)29(32-16-31-20)33-19-6-8-22(17(2)14-19)41-23-15-21-28(26(30)18(23)3)37(4)36-35-21/h5-9,14-16H,1,10-13H2,2-4H3,(H,31,32,33). The van der Waals surface area contributed by atoms with Gasteiger partial charge in [-0.05, 0) is 55.8 Å². The van der Waals surface area contributed by atoms with Gasteiger partial charge in [-0.25, -0.2) is 24.0 Å². The van der Waals surface area contributed by atoms with Crippen LogP contribution in [0.5, 0.6) is 11.5 Å². The van der Waals surface area contributed by atoms with Crippen LogP contribution in [0.1, 0.15) is 11.1 Å². The summed E-state index contributed by atoms with van der Waals surface area (Å²) in [7, 11) is 1.65. The average molecular weight is 554 g/mol. The first-order valence-electron chi connectivity index (χ1n) is 13.1. The molecule has 0 radical (unpaired) electrons. The van der Waals surface area contributed by atoms with E-state index in [0.717, 1.165) is 17.1 Å². The van der Waals surface area contributed by atoms with Gasteiger partial charge in [-0.1, -0.05) is 11.8 Å². The highest BCUT2D eigenvalue weighted by Crippen LogP contribution is 2.34. The van der Waals surface area contributed by atoms with Crippen LogP contribution in [0, 0.1) is 19.7 Å². The average Bonchev–Trinajstić information content (AvgIpc) is 3.36. The van der Waals surface area contributed by atoms with Crippen molar-refractivity contribution in [2.75, 3.05) is 36.4 Å². The molecule has 1 aliphatic heterocycles. The highest BCUT2D eigenvalue weighted by atomic mass is 19.1. The number of rotatable bonds is 6. The minimum Gasteiger partial charge on any atom is -0.457 e.